The van der Waals surface area contributed by atoms with E-state index in [2.05, 4.69) is 16.0 Å². The molecule has 11 nitrogen and oxygen atoms in total. The van der Waals surface area contributed by atoms with E-state index in [0.717, 1.165) is 0 Å². The molecular formula is C25H41N5O6S. The van der Waals surface area contributed by atoms with Gasteiger partial charge in [-0.2, -0.15) is 11.8 Å². The molecule has 0 aliphatic rings. The highest BCUT2D eigenvalue weighted by molar-refractivity contribution is 7.98. The molecule has 12 heteroatoms. The lowest BCUT2D eigenvalue weighted by molar-refractivity contribution is -0.142. The quantitative estimate of drug-likeness (QED) is 0.136. The van der Waals surface area contributed by atoms with E-state index < -0.39 is 47.9 Å². The minimum absolute atomic E-state index is 0.0105. The Morgan fingerprint density at radius 1 is 0.919 bits per heavy atom. The van der Waals surface area contributed by atoms with Gasteiger partial charge in [0.1, 0.15) is 23.9 Å². The lowest BCUT2D eigenvalue weighted by atomic mass is 10.0. The maximum atomic E-state index is 13.1. The number of benzene rings is 1. The highest BCUT2D eigenvalue weighted by Crippen LogP contribution is 2.12. The van der Waals surface area contributed by atoms with Crippen molar-refractivity contribution in [3.63, 3.8) is 0 Å². The highest BCUT2D eigenvalue weighted by Gasteiger charge is 2.31. The normalized spacial score (nSPS) is 14.3. The molecule has 0 saturated heterocycles. The van der Waals surface area contributed by atoms with Gasteiger partial charge in [0.25, 0.3) is 0 Å². The van der Waals surface area contributed by atoms with E-state index in [1.807, 2.05) is 6.26 Å². The molecule has 4 unspecified atom stereocenters. The Kier molecular flexibility index (Phi) is 14.6. The summed E-state index contributed by atoms with van der Waals surface area (Å²) in [5.41, 5.74) is 12.1. The SMILES string of the molecule is CSCCC(N)C(=O)NC(C(=O)NC(CCCCN)C(=O)NC(Cc1ccc(O)cc1)C(=O)O)C(C)C. The number of rotatable bonds is 17. The maximum absolute atomic E-state index is 13.1. The van der Waals surface area contributed by atoms with E-state index in [4.69, 9.17) is 11.5 Å². The molecule has 0 aliphatic heterocycles. The Bertz CT molecular complexity index is 883. The molecule has 0 bridgehead atoms. The first-order valence-electron chi connectivity index (χ1n) is 12.4. The molecule has 1 aromatic carbocycles. The fourth-order valence-corrected chi connectivity index (χ4v) is 4.02. The van der Waals surface area contributed by atoms with Gasteiger partial charge in [-0.1, -0.05) is 26.0 Å². The molecule has 0 saturated carbocycles. The number of aliphatic carboxylic acids is 1. The summed E-state index contributed by atoms with van der Waals surface area (Å²) >= 11 is 1.56. The predicted octanol–water partition coefficient (Wildman–Crippen LogP) is 0.339. The Balaban J connectivity index is 2.97. The summed E-state index contributed by atoms with van der Waals surface area (Å²) in [5.74, 6) is -2.44. The Morgan fingerprint density at radius 2 is 1.54 bits per heavy atom. The van der Waals surface area contributed by atoms with Crippen molar-refractivity contribution in [2.24, 2.45) is 17.4 Å². The van der Waals surface area contributed by atoms with Gasteiger partial charge in [0.15, 0.2) is 0 Å². The third-order valence-electron chi connectivity index (χ3n) is 5.79. The standard InChI is InChI=1S/C25H41N5O6S/c1-15(2)21(30-22(32)18(27)11-13-37-3)24(34)28-19(6-4-5-12-26)23(33)29-20(25(35)36)14-16-7-9-17(31)10-8-16/h7-10,15,18-21,31H,4-6,11-14,26-27H2,1-3H3,(H,28,34)(H,29,33)(H,30,32)(H,35,36). The van der Waals surface area contributed by atoms with Gasteiger partial charge in [-0.3, -0.25) is 14.4 Å². The Hall–Kier alpha value is -2.83. The number of hydrogen-bond acceptors (Lipinski definition) is 8. The van der Waals surface area contributed by atoms with Crippen molar-refractivity contribution in [2.75, 3.05) is 18.6 Å². The van der Waals surface area contributed by atoms with Crippen LogP contribution in [0.4, 0.5) is 0 Å². The van der Waals surface area contributed by atoms with Gasteiger partial charge >= 0.3 is 5.97 Å². The van der Waals surface area contributed by atoms with Gasteiger partial charge in [0.05, 0.1) is 6.04 Å². The number of phenolic OH excluding ortho intramolecular Hbond substituents is 1. The van der Waals surface area contributed by atoms with Crippen LogP contribution in [0.15, 0.2) is 24.3 Å². The third kappa shape index (κ3) is 11.8. The van der Waals surface area contributed by atoms with Crippen LogP contribution in [0.1, 0.15) is 45.1 Å². The van der Waals surface area contributed by atoms with Gasteiger partial charge in [0.2, 0.25) is 17.7 Å². The van der Waals surface area contributed by atoms with E-state index in [1.165, 1.54) is 12.1 Å². The second kappa shape index (κ2) is 16.8. The van der Waals surface area contributed by atoms with Crippen LogP contribution >= 0.6 is 11.8 Å². The molecule has 208 valence electrons. The zero-order chi connectivity index (χ0) is 28.0. The van der Waals surface area contributed by atoms with Gasteiger partial charge in [0, 0.05) is 6.42 Å². The number of phenols is 1. The summed E-state index contributed by atoms with van der Waals surface area (Å²) in [6.07, 6.45) is 3.74. The first-order chi connectivity index (χ1) is 17.5. The van der Waals surface area contributed by atoms with E-state index in [9.17, 15) is 29.4 Å². The zero-order valence-electron chi connectivity index (χ0n) is 21.7. The smallest absolute Gasteiger partial charge is 0.326 e. The van der Waals surface area contributed by atoms with Crippen molar-refractivity contribution in [2.45, 2.75) is 70.1 Å². The van der Waals surface area contributed by atoms with Crippen LogP contribution in [0, 0.1) is 5.92 Å². The number of hydrogen-bond donors (Lipinski definition) is 7. The first-order valence-corrected chi connectivity index (χ1v) is 13.8. The monoisotopic (exact) mass is 539 g/mol. The summed E-state index contributed by atoms with van der Waals surface area (Å²) in [6, 6.07) is 2.03. The third-order valence-corrected chi connectivity index (χ3v) is 6.43. The predicted molar refractivity (Wildman–Crippen MR) is 144 cm³/mol. The number of unbranched alkanes of at least 4 members (excludes halogenated alkanes) is 1. The Morgan fingerprint density at radius 3 is 2.08 bits per heavy atom. The molecule has 0 radical (unpaired) electrons. The van der Waals surface area contributed by atoms with Crippen molar-refractivity contribution in [3.8, 4) is 5.75 Å². The molecule has 0 fully saturated rings. The van der Waals surface area contributed by atoms with Gasteiger partial charge < -0.3 is 37.6 Å². The van der Waals surface area contributed by atoms with Crippen LogP contribution in [0.3, 0.4) is 0 Å². The second-order valence-corrected chi connectivity index (χ2v) is 10.2. The number of carbonyl (C=O) groups is 4. The maximum Gasteiger partial charge on any atom is 0.326 e. The van der Waals surface area contributed by atoms with Crippen LogP contribution in [-0.4, -0.2) is 76.6 Å². The van der Waals surface area contributed by atoms with Crippen molar-refractivity contribution in [1.29, 1.82) is 0 Å². The average molecular weight is 540 g/mol. The summed E-state index contributed by atoms with van der Waals surface area (Å²) in [6.45, 7) is 3.93. The molecule has 0 spiro atoms. The molecule has 0 aromatic heterocycles. The van der Waals surface area contributed by atoms with Crippen LogP contribution in [0.25, 0.3) is 0 Å². The van der Waals surface area contributed by atoms with Crippen LogP contribution < -0.4 is 27.4 Å². The molecule has 37 heavy (non-hydrogen) atoms. The summed E-state index contributed by atoms with van der Waals surface area (Å²) in [7, 11) is 0. The summed E-state index contributed by atoms with van der Waals surface area (Å²) < 4.78 is 0. The van der Waals surface area contributed by atoms with E-state index in [1.54, 1.807) is 37.7 Å². The van der Waals surface area contributed by atoms with Crippen LogP contribution in [-0.2, 0) is 25.6 Å². The lowest BCUT2D eigenvalue weighted by Gasteiger charge is -2.27. The van der Waals surface area contributed by atoms with E-state index in [0.29, 0.717) is 37.1 Å². The number of carbonyl (C=O) groups excluding carboxylic acids is 3. The highest BCUT2D eigenvalue weighted by atomic mass is 32.2. The molecule has 9 N–H and O–H groups in total. The lowest BCUT2D eigenvalue weighted by Crippen LogP contribution is -2.58. The minimum Gasteiger partial charge on any atom is -0.508 e. The molecule has 1 aromatic rings. The van der Waals surface area contributed by atoms with Crippen LogP contribution in [0.5, 0.6) is 5.75 Å². The van der Waals surface area contributed by atoms with E-state index in [-0.39, 0.29) is 24.5 Å². The number of carboxylic acids is 1. The number of nitrogens with two attached hydrogens (primary N) is 2. The minimum atomic E-state index is -1.25. The first kappa shape index (κ1) is 32.2. The average Bonchev–Trinajstić information content (AvgIpc) is 2.85. The molecule has 1 rings (SSSR count). The second-order valence-electron chi connectivity index (χ2n) is 9.23. The fourth-order valence-electron chi connectivity index (χ4n) is 3.53. The van der Waals surface area contributed by atoms with Gasteiger partial charge in [-0.25, -0.2) is 4.79 Å². The van der Waals surface area contributed by atoms with Crippen molar-refractivity contribution >= 4 is 35.5 Å². The molecule has 0 aliphatic carbocycles. The number of nitrogens with one attached hydrogen (secondary N) is 3. The summed E-state index contributed by atoms with van der Waals surface area (Å²) in [5, 5.41) is 27.0. The molecule has 4 atom stereocenters. The van der Waals surface area contributed by atoms with Gasteiger partial charge in [-0.05, 0) is 67.9 Å². The number of aromatic hydroxyl groups is 1. The van der Waals surface area contributed by atoms with Crippen LogP contribution in [0.2, 0.25) is 0 Å². The van der Waals surface area contributed by atoms with Crippen molar-refractivity contribution in [1.82, 2.24) is 16.0 Å². The largest absolute Gasteiger partial charge is 0.508 e. The molecule has 3 amide bonds. The van der Waals surface area contributed by atoms with Crippen molar-refractivity contribution < 1.29 is 29.4 Å². The molecule has 0 heterocycles. The summed E-state index contributed by atoms with van der Waals surface area (Å²) in [4.78, 5) is 50.6. The zero-order valence-corrected chi connectivity index (χ0v) is 22.6. The Labute approximate surface area is 222 Å². The number of thioether (sulfide) groups is 1. The topological polar surface area (TPSA) is 197 Å². The number of carboxylic acid groups (broad SMARTS) is 1. The van der Waals surface area contributed by atoms with E-state index >= 15 is 0 Å². The molecular weight excluding hydrogens is 498 g/mol. The van der Waals surface area contributed by atoms with Gasteiger partial charge in [-0.15, -0.1) is 0 Å². The fraction of sp³-hybridized carbons (Fsp3) is 0.600. The van der Waals surface area contributed by atoms with Crippen molar-refractivity contribution in [3.05, 3.63) is 29.8 Å². The number of amides is 3.